The van der Waals surface area contributed by atoms with Gasteiger partial charge in [0.25, 0.3) is 0 Å². The van der Waals surface area contributed by atoms with Crippen molar-refractivity contribution in [2.45, 2.75) is 117 Å². The van der Waals surface area contributed by atoms with E-state index in [9.17, 15) is 0 Å². The van der Waals surface area contributed by atoms with Crippen molar-refractivity contribution in [1.82, 2.24) is 15.0 Å². The molecule has 0 radical (unpaired) electrons. The van der Waals surface area contributed by atoms with Crippen molar-refractivity contribution in [2.24, 2.45) is 17.3 Å². The highest BCUT2D eigenvalue weighted by atomic mass is 14.8. The van der Waals surface area contributed by atoms with Gasteiger partial charge in [0.2, 0.25) is 0 Å². The molecule has 0 spiro atoms. The number of nitrogens with one attached hydrogen (secondary N) is 3. The Morgan fingerprint density at radius 1 is 0.475 bits per heavy atom. The lowest BCUT2D eigenvalue weighted by Crippen LogP contribution is -2.30. The van der Waals surface area contributed by atoms with E-state index in [1.165, 1.54) is 59.0 Å². The first-order valence-corrected chi connectivity index (χ1v) is 15.6. The first kappa shape index (κ1) is 27.5. The van der Waals surface area contributed by atoms with Crippen molar-refractivity contribution >= 4 is 0 Å². The molecule has 3 aliphatic rings. The van der Waals surface area contributed by atoms with Crippen LogP contribution < -0.4 is 0 Å². The van der Waals surface area contributed by atoms with E-state index in [-0.39, 0.29) is 27.1 Å². The van der Waals surface area contributed by atoms with Gasteiger partial charge in [-0.2, -0.15) is 0 Å². The minimum atomic E-state index is -0.166. The van der Waals surface area contributed by atoms with E-state index in [2.05, 4.69) is 133 Å². The molecule has 3 nitrogen and oxygen atoms in total. The van der Waals surface area contributed by atoms with Gasteiger partial charge in [-0.15, -0.1) is 0 Å². The van der Waals surface area contributed by atoms with Gasteiger partial charge in [0.15, 0.2) is 0 Å². The fraction of sp³-hybridized carbons (Fsp3) is 0.568. The zero-order valence-electron chi connectivity index (χ0n) is 26.6. The van der Waals surface area contributed by atoms with Crippen LogP contribution in [-0.2, 0) is 21.7 Å². The van der Waals surface area contributed by atoms with E-state index in [0.717, 1.165) is 6.42 Å². The summed E-state index contributed by atoms with van der Waals surface area (Å²) in [6.45, 7) is 24.1. The average Bonchev–Trinajstić information content (AvgIpc) is 3.72. The number of rotatable bonds is 0. The third-order valence-corrected chi connectivity index (χ3v) is 12.1. The molecule has 214 valence electrons. The van der Waals surface area contributed by atoms with Gasteiger partial charge in [-0.25, -0.2) is 0 Å². The molecule has 2 atom stereocenters. The van der Waals surface area contributed by atoms with Crippen LogP contribution in [0.2, 0.25) is 0 Å². The van der Waals surface area contributed by atoms with E-state index in [1.54, 1.807) is 5.57 Å². The molecule has 1 saturated carbocycles. The molecule has 0 amide bonds. The molecule has 0 aromatic carbocycles. The van der Waals surface area contributed by atoms with Crippen molar-refractivity contribution in [3.05, 3.63) is 93.9 Å². The second-order valence-corrected chi connectivity index (χ2v) is 15.9. The fourth-order valence-corrected chi connectivity index (χ4v) is 8.02. The van der Waals surface area contributed by atoms with Gasteiger partial charge in [0, 0.05) is 55.8 Å². The molecule has 1 aliphatic heterocycles. The van der Waals surface area contributed by atoms with Gasteiger partial charge in [-0.05, 0) is 107 Å². The highest BCUT2D eigenvalue weighted by Gasteiger charge is 2.45. The molecular formula is C37H51N3. The smallest absolute Gasteiger partial charge is 0.0447 e. The molecule has 3 N–H and O–H groups in total. The molecule has 40 heavy (non-hydrogen) atoms. The Balaban J connectivity index is 1.46. The maximum absolute atomic E-state index is 3.93. The molecule has 6 rings (SSSR count). The van der Waals surface area contributed by atoms with E-state index in [0.29, 0.717) is 11.8 Å². The third kappa shape index (κ3) is 3.97. The minimum absolute atomic E-state index is 0.0452. The van der Waals surface area contributed by atoms with Gasteiger partial charge in [0.05, 0.1) is 0 Å². The summed E-state index contributed by atoms with van der Waals surface area (Å²) in [7, 11) is 0. The van der Waals surface area contributed by atoms with Crippen LogP contribution in [0.4, 0.5) is 0 Å². The Kier molecular flexibility index (Phi) is 5.95. The van der Waals surface area contributed by atoms with Crippen LogP contribution in [0, 0.1) is 17.3 Å². The molecule has 1 fully saturated rings. The number of aromatic nitrogens is 3. The first-order valence-electron chi connectivity index (χ1n) is 15.6. The van der Waals surface area contributed by atoms with Crippen LogP contribution in [0.15, 0.2) is 59.7 Å². The van der Waals surface area contributed by atoms with Gasteiger partial charge < -0.3 is 15.0 Å². The van der Waals surface area contributed by atoms with Crippen molar-refractivity contribution in [3.8, 4) is 0 Å². The quantitative estimate of drug-likeness (QED) is 0.256. The Hall–Kier alpha value is -2.68. The van der Waals surface area contributed by atoms with Crippen molar-refractivity contribution in [2.75, 3.05) is 0 Å². The number of allylic oxidation sites excluding steroid dienone is 4. The lowest BCUT2D eigenvalue weighted by atomic mass is 9.68. The summed E-state index contributed by atoms with van der Waals surface area (Å²) >= 11 is 0. The zero-order valence-corrected chi connectivity index (χ0v) is 26.6. The summed E-state index contributed by atoms with van der Waals surface area (Å²) in [4.78, 5) is 11.7. The Morgan fingerprint density at radius 3 is 1.35 bits per heavy atom. The van der Waals surface area contributed by atoms with E-state index < -0.39 is 0 Å². The summed E-state index contributed by atoms with van der Waals surface area (Å²) in [6, 6.07) is 13.9. The topological polar surface area (TPSA) is 47.4 Å². The summed E-state index contributed by atoms with van der Waals surface area (Å²) in [5.41, 5.74) is 10.8. The second kappa shape index (κ2) is 8.66. The first-order chi connectivity index (χ1) is 18.6. The molecule has 0 saturated heterocycles. The van der Waals surface area contributed by atoms with Gasteiger partial charge >= 0.3 is 0 Å². The number of fused-ring (bicyclic) bond motifs is 10. The predicted octanol–water partition coefficient (Wildman–Crippen LogP) is 9.59. The van der Waals surface area contributed by atoms with Gasteiger partial charge in [0.1, 0.15) is 0 Å². The zero-order chi connectivity index (χ0) is 28.9. The summed E-state index contributed by atoms with van der Waals surface area (Å²) in [5, 5.41) is 0. The third-order valence-electron chi connectivity index (χ3n) is 12.1. The maximum Gasteiger partial charge on any atom is 0.0447 e. The lowest BCUT2D eigenvalue weighted by Gasteiger charge is -2.37. The van der Waals surface area contributed by atoms with Gasteiger partial charge in [-0.3, -0.25) is 0 Å². The van der Waals surface area contributed by atoms with Crippen LogP contribution >= 0.6 is 0 Å². The largest absolute Gasteiger partial charge is 0.361 e. The SMILES string of the molecule is CC1(C)C2=CC=C(C2)C(C)(C)C2CCC(C2)C(C)(C)c2ccc([nH]2)C(C)(C)c2ccc([nH]2)C(C)(C)c2ccc1[nH]2. The number of aromatic amines is 3. The number of hydrogen-bond donors (Lipinski definition) is 3. The van der Waals surface area contributed by atoms with Crippen LogP contribution in [0.3, 0.4) is 0 Å². The fourth-order valence-electron chi connectivity index (χ4n) is 8.02. The van der Waals surface area contributed by atoms with Crippen molar-refractivity contribution in [3.63, 3.8) is 0 Å². The summed E-state index contributed by atoms with van der Waals surface area (Å²) < 4.78 is 0. The van der Waals surface area contributed by atoms with Crippen LogP contribution in [-0.4, -0.2) is 15.0 Å². The summed E-state index contributed by atoms with van der Waals surface area (Å²) in [5.74, 6) is 1.39. The Morgan fingerprint density at radius 2 is 0.850 bits per heavy atom. The number of H-pyrrole nitrogens is 3. The molecule has 2 unspecified atom stereocenters. The molecular weight excluding hydrogens is 486 g/mol. The molecule has 3 heteroatoms. The normalized spacial score (nSPS) is 27.6. The average molecular weight is 538 g/mol. The monoisotopic (exact) mass is 537 g/mol. The van der Waals surface area contributed by atoms with E-state index in [4.69, 9.17) is 0 Å². The maximum atomic E-state index is 3.93. The Bertz CT molecular complexity index is 1490. The van der Waals surface area contributed by atoms with Crippen LogP contribution in [0.1, 0.15) is 129 Å². The molecule has 10 bridgehead atoms. The molecule has 3 aromatic heterocycles. The molecule has 3 aromatic rings. The second-order valence-electron chi connectivity index (χ2n) is 15.9. The van der Waals surface area contributed by atoms with Crippen molar-refractivity contribution < 1.29 is 0 Å². The van der Waals surface area contributed by atoms with Crippen LogP contribution in [0.25, 0.3) is 0 Å². The highest BCUT2D eigenvalue weighted by Crippen LogP contribution is 2.54. The standard InChI is InChI=1S/C37H51N3/c1-33(2)23-11-13-25(21-23)34(3,4)27-15-17-29(38-27)36(7,8)31-19-20-32(40-31)37(9,10)30-18-16-28(39-30)35(5,6)26-14-12-24(33)22-26/h11,13,15-20,24,26,38-40H,12,14,21-22H2,1-10H3. The summed E-state index contributed by atoms with van der Waals surface area (Å²) in [6.07, 6.45) is 9.89. The number of hydrogen-bond acceptors (Lipinski definition) is 0. The van der Waals surface area contributed by atoms with Gasteiger partial charge in [-0.1, -0.05) is 64.8 Å². The van der Waals surface area contributed by atoms with Crippen LogP contribution in [0.5, 0.6) is 0 Å². The highest BCUT2D eigenvalue weighted by molar-refractivity contribution is 5.45. The Labute approximate surface area is 242 Å². The molecule has 2 aliphatic carbocycles. The van der Waals surface area contributed by atoms with E-state index in [1.807, 2.05) is 0 Å². The van der Waals surface area contributed by atoms with E-state index >= 15 is 0 Å². The van der Waals surface area contributed by atoms with Crippen molar-refractivity contribution in [1.29, 1.82) is 0 Å². The predicted molar refractivity (Wildman–Crippen MR) is 168 cm³/mol. The lowest BCUT2D eigenvalue weighted by molar-refractivity contribution is 0.235. The minimum Gasteiger partial charge on any atom is -0.361 e. The molecule has 4 heterocycles.